The number of aliphatic hydroxyl groups excluding tert-OH is 1. The fraction of sp³-hybridized carbons (Fsp3) is 0.360. The van der Waals surface area contributed by atoms with Gasteiger partial charge in [0.15, 0.2) is 11.5 Å². The molecule has 11 nitrogen and oxygen atoms in total. The number of ketones is 1. The highest BCUT2D eigenvalue weighted by Gasteiger charge is 2.46. The van der Waals surface area contributed by atoms with Crippen LogP contribution in [0.4, 0.5) is 5.69 Å². The smallest absolute Gasteiger partial charge is 0.295 e. The SMILES string of the molecule is O=C1C(=O)N(CCCN2CCOCC2)[C@@H](c2ccc([N+](=O)[O-])cc2)C1=C(O)c1ccc2c(c1)OCO2. The minimum Gasteiger partial charge on any atom is -0.507 e. The zero-order valence-corrected chi connectivity index (χ0v) is 19.4. The standard InChI is InChI=1S/C25H25N3O8/c29-23(17-4-7-19-20(14-17)36-15-35-19)21-22(16-2-5-18(6-3-16)28(32)33)27(25(31)24(21)30)9-1-8-26-10-12-34-13-11-26/h2-7,14,22,29H,1,8-13,15H2/t22-/m0/s1. The summed E-state index contributed by atoms with van der Waals surface area (Å²) in [6.07, 6.45) is 0.612. The Morgan fingerprint density at radius 3 is 2.47 bits per heavy atom. The third kappa shape index (κ3) is 4.50. The van der Waals surface area contributed by atoms with E-state index in [2.05, 4.69) is 4.90 Å². The molecule has 1 amide bonds. The lowest BCUT2D eigenvalue weighted by atomic mass is 9.95. The summed E-state index contributed by atoms with van der Waals surface area (Å²) in [6.45, 7) is 3.97. The number of nitro groups is 1. The Hall–Kier alpha value is -3.96. The summed E-state index contributed by atoms with van der Waals surface area (Å²) in [5, 5.41) is 22.4. The van der Waals surface area contributed by atoms with Gasteiger partial charge >= 0.3 is 0 Å². The predicted molar refractivity (Wildman–Crippen MR) is 127 cm³/mol. The van der Waals surface area contributed by atoms with Gasteiger partial charge in [-0.05, 0) is 42.3 Å². The van der Waals surface area contributed by atoms with Crippen molar-refractivity contribution in [2.45, 2.75) is 12.5 Å². The molecular formula is C25H25N3O8. The number of benzene rings is 2. The van der Waals surface area contributed by atoms with Crippen LogP contribution in [0.3, 0.4) is 0 Å². The van der Waals surface area contributed by atoms with Gasteiger partial charge in [-0.1, -0.05) is 0 Å². The maximum Gasteiger partial charge on any atom is 0.295 e. The van der Waals surface area contributed by atoms with Crippen LogP contribution in [-0.2, 0) is 14.3 Å². The van der Waals surface area contributed by atoms with Crippen LogP contribution < -0.4 is 9.47 Å². The highest BCUT2D eigenvalue weighted by Crippen LogP contribution is 2.41. The highest BCUT2D eigenvalue weighted by molar-refractivity contribution is 6.46. The second kappa shape index (κ2) is 9.96. The number of aliphatic hydroxyl groups is 1. The van der Waals surface area contributed by atoms with Crippen molar-refractivity contribution < 1.29 is 33.8 Å². The first-order valence-corrected chi connectivity index (χ1v) is 11.7. The minimum absolute atomic E-state index is 0.0515. The molecule has 3 aliphatic heterocycles. The van der Waals surface area contributed by atoms with E-state index < -0.39 is 22.7 Å². The number of likely N-dealkylation sites (tertiary alicyclic amines) is 1. The molecule has 2 aromatic rings. The van der Waals surface area contributed by atoms with Crippen molar-refractivity contribution in [3.63, 3.8) is 0 Å². The molecule has 0 unspecified atom stereocenters. The molecule has 0 spiro atoms. The molecule has 5 rings (SSSR count). The van der Waals surface area contributed by atoms with Crippen LogP contribution in [0.2, 0.25) is 0 Å². The van der Waals surface area contributed by atoms with Crippen LogP contribution in [-0.4, -0.2) is 77.7 Å². The van der Waals surface area contributed by atoms with Crippen LogP contribution in [0.25, 0.3) is 5.76 Å². The van der Waals surface area contributed by atoms with Crippen molar-refractivity contribution in [1.82, 2.24) is 9.80 Å². The van der Waals surface area contributed by atoms with Crippen molar-refractivity contribution in [1.29, 1.82) is 0 Å². The van der Waals surface area contributed by atoms with E-state index in [1.165, 1.54) is 29.2 Å². The highest BCUT2D eigenvalue weighted by atomic mass is 16.7. The molecule has 2 fully saturated rings. The molecule has 2 saturated heterocycles. The van der Waals surface area contributed by atoms with Crippen LogP contribution in [0.1, 0.15) is 23.6 Å². The average molecular weight is 495 g/mol. The summed E-state index contributed by atoms with van der Waals surface area (Å²) in [5.74, 6) is -0.930. The number of hydrogen-bond donors (Lipinski definition) is 1. The average Bonchev–Trinajstić information content (AvgIpc) is 3.47. The number of Topliss-reactive ketones (excluding diaryl/α,β-unsaturated/α-hetero) is 1. The van der Waals surface area contributed by atoms with E-state index in [1.54, 1.807) is 18.2 Å². The van der Waals surface area contributed by atoms with Crippen LogP contribution in [0, 0.1) is 10.1 Å². The van der Waals surface area contributed by atoms with Gasteiger partial charge in [0.1, 0.15) is 5.76 Å². The number of hydrogen-bond acceptors (Lipinski definition) is 9. The minimum atomic E-state index is -0.888. The van der Waals surface area contributed by atoms with Crippen molar-refractivity contribution in [2.75, 3.05) is 46.2 Å². The number of rotatable bonds is 7. The summed E-state index contributed by atoms with van der Waals surface area (Å²) in [4.78, 5) is 40.6. The molecule has 2 aromatic carbocycles. The van der Waals surface area contributed by atoms with E-state index in [0.717, 1.165) is 19.6 Å². The van der Waals surface area contributed by atoms with Gasteiger partial charge in [-0.15, -0.1) is 0 Å². The second-order valence-corrected chi connectivity index (χ2v) is 8.72. The molecule has 0 radical (unpaired) electrons. The Morgan fingerprint density at radius 1 is 1.03 bits per heavy atom. The van der Waals surface area contributed by atoms with Gasteiger partial charge in [0.05, 0.1) is 29.8 Å². The van der Waals surface area contributed by atoms with Gasteiger partial charge in [-0.2, -0.15) is 0 Å². The van der Waals surface area contributed by atoms with Gasteiger partial charge in [0, 0.05) is 43.9 Å². The van der Waals surface area contributed by atoms with Crippen LogP contribution in [0.5, 0.6) is 11.5 Å². The first-order valence-electron chi connectivity index (χ1n) is 11.7. The zero-order valence-electron chi connectivity index (χ0n) is 19.4. The van der Waals surface area contributed by atoms with E-state index >= 15 is 0 Å². The first kappa shape index (κ1) is 23.8. The second-order valence-electron chi connectivity index (χ2n) is 8.72. The molecule has 0 saturated carbocycles. The molecule has 188 valence electrons. The number of carbonyl (C=O) groups is 2. The molecule has 0 bridgehead atoms. The lowest BCUT2D eigenvalue weighted by molar-refractivity contribution is -0.384. The first-order chi connectivity index (χ1) is 17.4. The molecular weight excluding hydrogens is 470 g/mol. The van der Waals surface area contributed by atoms with Gasteiger partial charge in [0.2, 0.25) is 6.79 Å². The number of amides is 1. The zero-order chi connectivity index (χ0) is 25.2. The van der Waals surface area contributed by atoms with Gasteiger partial charge < -0.3 is 24.2 Å². The molecule has 1 N–H and O–H groups in total. The van der Waals surface area contributed by atoms with E-state index in [9.17, 15) is 24.8 Å². The summed E-state index contributed by atoms with van der Waals surface area (Å²) < 4.78 is 16.1. The molecule has 3 heterocycles. The summed E-state index contributed by atoms with van der Waals surface area (Å²) in [7, 11) is 0. The molecule has 3 aliphatic rings. The Bertz CT molecular complexity index is 1220. The molecule has 0 aromatic heterocycles. The fourth-order valence-corrected chi connectivity index (χ4v) is 4.72. The van der Waals surface area contributed by atoms with E-state index in [1.807, 2.05) is 0 Å². The monoisotopic (exact) mass is 495 g/mol. The lowest BCUT2D eigenvalue weighted by Gasteiger charge is -2.29. The van der Waals surface area contributed by atoms with Crippen molar-refractivity contribution in [2.24, 2.45) is 0 Å². The maximum atomic E-state index is 13.2. The van der Waals surface area contributed by atoms with E-state index in [0.29, 0.717) is 42.3 Å². The Kier molecular flexibility index (Phi) is 6.57. The summed E-state index contributed by atoms with van der Waals surface area (Å²) in [5.41, 5.74) is 0.615. The number of non-ortho nitro benzene ring substituents is 1. The topological polar surface area (TPSA) is 132 Å². The number of nitro benzene ring substituents is 1. The number of fused-ring (bicyclic) bond motifs is 1. The van der Waals surface area contributed by atoms with Crippen LogP contribution >= 0.6 is 0 Å². The quantitative estimate of drug-likeness (QED) is 0.202. The fourth-order valence-electron chi connectivity index (χ4n) is 4.72. The molecule has 0 aliphatic carbocycles. The largest absolute Gasteiger partial charge is 0.507 e. The molecule has 36 heavy (non-hydrogen) atoms. The van der Waals surface area contributed by atoms with Crippen molar-refractivity contribution in [3.05, 3.63) is 69.3 Å². The van der Waals surface area contributed by atoms with Gasteiger partial charge in [-0.25, -0.2) is 0 Å². The van der Waals surface area contributed by atoms with Crippen molar-refractivity contribution in [3.8, 4) is 11.5 Å². The van der Waals surface area contributed by atoms with Crippen LogP contribution in [0.15, 0.2) is 48.0 Å². The van der Waals surface area contributed by atoms with Gasteiger partial charge in [0.25, 0.3) is 17.4 Å². The normalized spacial score (nSPS) is 21.2. The summed E-state index contributed by atoms with van der Waals surface area (Å²) >= 11 is 0. The lowest BCUT2D eigenvalue weighted by Crippen LogP contribution is -2.38. The van der Waals surface area contributed by atoms with Crippen molar-refractivity contribution >= 4 is 23.1 Å². The summed E-state index contributed by atoms with van der Waals surface area (Å²) in [6, 6.07) is 9.54. The molecule has 11 heteroatoms. The molecule has 1 atom stereocenters. The number of carbonyl (C=O) groups excluding carboxylic acids is 2. The Balaban J connectivity index is 1.49. The maximum absolute atomic E-state index is 13.2. The third-order valence-electron chi connectivity index (χ3n) is 6.58. The third-order valence-corrected chi connectivity index (χ3v) is 6.58. The number of ether oxygens (including phenoxy) is 3. The van der Waals surface area contributed by atoms with E-state index in [-0.39, 0.29) is 30.4 Å². The van der Waals surface area contributed by atoms with E-state index in [4.69, 9.17) is 14.2 Å². The Labute approximate surface area is 206 Å². The number of nitrogens with zero attached hydrogens (tertiary/aromatic N) is 3. The van der Waals surface area contributed by atoms with Gasteiger partial charge in [-0.3, -0.25) is 24.6 Å². The predicted octanol–water partition coefficient (Wildman–Crippen LogP) is 2.47. The number of morpholine rings is 1. The Morgan fingerprint density at radius 2 is 1.75 bits per heavy atom.